The number of amides is 2. The van der Waals surface area contributed by atoms with Gasteiger partial charge in [0.05, 0.1) is 23.2 Å². The fraction of sp³-hybridized carbons (Fsp3) is 0.529. The Morgan fingerprint density at radius 1 is 1.25 bits per heavy atom. The minimum Gasteiger partial charge on any atom is -0.370 e. The molecule has 0 bridgehead atoms. The zero-order valence-corrected chi connectivity index (χ0v) is 14.9. The van der Waals surface area contributed by atoms with Crippen molar-refractivity contribution < 1.29 is 14.3 Å². The molecular weight excluding hydrogens is 351 g/mol. The van der Waals surface area contributed by atoms with Crippen LogP contribution in [0.4, 0.5) is 0 Å². The van der Waals surface area contributed by atoms with E-state index in [1.165, 1.54) is 0 Å². The number of morpholine rings is 1. The molecule has 1 atom stereocenters. The molecule has 2 amide bonds. The standard InChI is InChI=1S/C17H20Cl2N2O3/c18-13-4-3-12(10-14(13)19)15-11-21(8-9-24-15)17(23)5-7-20-6-1-2-16(20)22/h3-4,10,15H,1-2,5-9,11H2. The van der Waals surface area contributed by atoms with E-state index in [1.54, 1.807) is 21.9 Å². The topological polar surface area (TPSA) is 49.9 Å². The largest absolute Gasteiger partial charge is 0.370 e. The van der Waals surface area contributed by atoms with Gasteiger partial charge in [-0.25, -0.2) is 0 Å². The Morgan fingerprint density at radius 3 is 2.79 bits per heavy atom. The van der Waals surface area contributed by atoms with Crippen molar-refractivity contribution in [3.63, 3.8) is 0 Å². The van der Waals surface area contributed by atoms with Crippen LogP contribution >= 0.6 is 23.2 Å². The molecule has 0 N–H and O–H groups in total. The number of nitrogens with zero attached hydrogens (tertiary/aromatic N) is 2. The number of hydrogen-bond donors (Lipinski definition) is 0. The third kappa shape index (κ3) is 4.02. The number of carbonyl (C=O) groups is 2. The van der Waals surface area contributed by atoms with E-state index in [1.807, 2.05) is 6.07 Å². The first-order valence-corrected chi connectivity index (χ1v) is 8.92. The highest BCUT2D eigenvalue weighted by Gasteiger charge is 2.27. The molecule has 1 aromatic carbocycles. The predicted octanol–water partition coefficient (Wildman–Crippen LogP) is 2.91. The molecule has 0 saturated carbocycles. The van der Waals surface area contributed by atoms with Crippen molar-refractivity contribution in [2.24, 2.45) is 0 Å². The third-order valence-corrected chi connectivity index (χ3v) is 5.24. The number of ether oxygens (including phenoxy) is 1. The maximum atomic E-state index is 12.4. The monoisotopic (exact) mass is 370 g/mol. The second kappa shape index (κ2) is 7.72. The van der Waals surface area contributed by atoms with Gasteiger partial charge in [-0.05, 0) is 24.1 Å². The summed E-state index contributed by atoms with van der Waals surface area (Å²) < 4.78 is 5.77. The molecule has 0 aliphatic carbocycles. The molecule has 1 aromatic rings. The zero-order chi connectivity index (χ0) is 17.1. The Labute approximate surface area is 151 Å². The zero-order valence-electron chi connectivity index (χ0n) is 13.3. The van der Waals surface area contributed by atoms with E-state index in [9.17, 15) is 9.59 Å². The predicted molar refractivity (Wildman–Crippen MR) is 92.2 cm³/mol. The Hall–Kier alpha value is -1.30. The van der Waals surface area contributed by atoms with Crippen LogP contribution in [0, 0.1) is 0 Å². The Morgan fingerprint density at radius 2 is 2.08 bits per heavy atom. The highest BCUT2D eigenvalue weighted by atomic mass is 35.5. The molecule has 0 aromatic heterocycles. The normalized spacial score (nSPS) is 21.4. The van der Waals surface area contributed by atoms with Crippen LogP contribution in [0.25, 0.3) is 0 Å². The summed E-state index contributed by atoms with van der Waals surface area (Å²) in [5.41, 5.74) is 0.914. The lowest BCUT2D eigenvalue weighted by molar-refractivity contribution is -0.139. The summed E-state index contributed by atoms with van der Waals surface area (Å²) in [5, 5.41) is 0.980. The average molecular weight is 371 g/mol. The van der Waals surface area contributed by atoms with Crippen molar-refractivity contribution >= 4 is 35.0 Å². The van der Waals surface area contributed by atoms with Gasteiger partial charge in [-0.2, -0.15) is 0 Å². The number of hydrogen-bond acceptors (Lipinski definition) is 3. The molecule has 24 heavy (non-hydrogen) atoms. The molecule has 2 aliphatic heterocycles. The van der Waals surface area contributed by atoms with Gasteiger partial charge in [-0.3, -0.25) is 9.59 Å². The number of carbonyl (C=O) groups excluding carboxylic acids is 2. The summed E-state index contributed by atoms with van der Waals surface area (Å²) in [6, 6.07) is 5.39. The van der Waals surface area contributed by atoms with Crippen molar-refractivity contribution in [1.82, 2.24) is 9.80 Å². The first kappa shape index (κ1) is 17.5. The first-order chi connectivity index (χ1) is 11.5. The SMILES string of the molecule is O=C1CCCN1CCC(=O)N1CCOC(c2ccc(Cl)c(Cl)c2)C1. The highest BCUT2D eigenvalue weighted by molar-refractivity contribution is 6.42. The van der Waals surface area contributed by atoms with Gasteiger partial charge in [0, 0.05) is 32.5 Å². The van der Waals surface area contributed by atoms with Crippen LogP contribution in [0.2, 0.25) is 10.0 Å². The number of halogens is 2. The Bertz CT molecular complexity index is 638. The average Bonchev–Trinajstić information content (AvgIpc) is 3.00. The van der Waals surface area contributed by atoms with Crippen molar-refractivity contribution in [1.29, 1.82) is 0 Å². The molecule has 3 rings (SSSR count). The van der Waals surface area contributed by atoms with Crippen LogP contribution in [0.3, 0.4) is 0 Å². The molecule has 1 unspecified atom stereocenters. The highest BCUT2D eigenvalue weighted by Crippen LogP contribution is 2.29. The molecule has 2 fully saturated rings. The summed E-state index contributed by atoms with van der Waals surface area (Å²) in [6.45, 7) is 2.82. The summed E-state index contributed by atoms with van der Waals surface area (Å²) in [4.78, 5) is 27.6. The summed E-state index contributed by atoms with van der Waals surface area (Å²) in [7, 11) is 0. The van der Waals surface area contributed by atoms with Gasteiger partial charge in [-0.1, -0.05) is 29.3 Å². The lowest BCUT2D eigenvalue weighted by Crippen LogP contribution is -2.43. The number of likely N-dealkylation sites (tertiary alicyclic amines) is 1. The molecule has 2 saturated heterocycles. The maximum Gasteiger partial charge on any atom is 0.224 e. The van der Waals surface area contributed by atoms with Gasteiger partial charge >= 0.3 is 0 Å². The van der Waals surface area contributed by atoms with E-state index in [2.05, 4.69) is 0 Å². The summed E-state index contributed by atoms with van der Waals surface area (Å²) in [6.07, 6.45) is 1.65. The second-order valence-corrected chi connectivity index (χ2v) is 6.92. The van der Waals surface area contributed by atoms with Crippen LogP contribution in [0.5, 0.6) is 0 Å². The van der Waals surface area contributed by atoms with Crippen LogP contribution in [0.1, 0.15) is 30.9 Å². The lowest BCUT2D eigenvalue weighted by atomic mass is 10.1. The van der Waals surface area contributed by atoms with Gasteiger partial charge in [-0.15, -0.1) is 0 Å². The minimum absolute atomic E-state index is 0.0584. The van der Waals surface area contributed by atoms with E-state index in [-0.39, 0.29) is 17.9 Å². The van der Waals surface area contributed by atoms with E-state index in [0.29, 0.717) is 49.1 Å². The van der Waals surface area contributed by atoms with Crippen molar-refractivity contribution in [2.45, 2.75) is 25.4 Å². The van der Waals surface area contributed by atoms with Gasteiger partial charge < -0.3 is 14.5 Å². The van der Waals surface area contributed by atoms with Crippen LogP contribution in [-0.4, -0.2) is 54.4 Å². The Balaban J connectivity index is 1.57. The maximum absolute atomic E-state index is 12.4. The van der Waals surface area contributed by atoms with Crippen molar-refractivity contribution in [2.75, 3.05) is 32.8 Å². The minimum atomic E-state index is -0.203. The fourth-order valence-electron chi connectivity index (χ4n) is 3.12. The van der Waals surface area contributed by atoms with Gasteiger partial charge in [0.25, 0.3) is 0 Å². The van der Waals surface area contributed by atoms with E-state index >= 15 is 0 Å². The Kier molecular flexibility index (Phi) is 5.64. The molecule has 0 radical (unpaired) electrons. The van der Waals surface area contributed by atoms with Crippen LogP contribution in [-0.2, 0) is 14.3 Å². The smallest absolute Gasteiger partial charge is 0.224 e. The van der Waals surface area contributed by atoms with Gasteiger partial charge in [0.1, 0.15) is 6.10 Å². The van der Waals surface area contributed by atoms with Gasteiger partial charge in [0.2, 0.25) is 11.8 Å². The van der Waals surface area contributed by atoms with Crippen LogP contribution < -0.4 is 0 Å². The van der Waals surface area contributed by atoms with Gasteiger partial charge in [0.15, 0.2) is 0 Å². The van der Waals surface area contributed by atoms with E-state index < -0.39 is 0 Å². The molecular formula is C17H20Cl2N2O3. The first-order valence-electron chi connectivity index (χ1n) is 8.16. The van der Waals surface area contributed by atoms with E-state index in [4.69, 9.17) is 27.9 Å². The van der Waals surface area contributed by atoms with Crippen molar-refractivity contribution in [3.8, 4) is 0 Å². The quantitative estimate of drug-likeness (QED) is 0.818. The van der Waals surface area contributed by atoms with Crippen molar-refractivity contribution in [3.05, 3.63) is 33.8 Å². The third-order valence-electron chi connectivity index (χ3n) is 4.50. The molecule has 0 spiro atoms. The molecule has 2 aliphatic rings. The second-order valence-electron chi connectivity index (χ2n) is 6.11. The molecule has 5 nitrogen and oxygen atoms in total. The molecule has 2 heterocycles. The number of benzene rings is 1. The van der Waals surface area contributed by atoms with E-state index in [0.717, 1.165) is 18.5 Å². The molecule has 7 heteroatoms. The fourth-order valence-corrected chi connectivity index (χ4v) is 3.43. The summed E-state index contributed by atoms with van der Waals surface area (Å²) >= 11 is 12.0. The lowest BCUT2D eigenvalue weighted by Gasteiger charge is -2.33. The summed E-state index contributed by atoms with van der Waals surface area (Å²) in [5.74, 6) is 0.210. The van der Waals surface area contributed by atoms with Crippen LogP contribution in [0.15, 0.2) is 18.2 Å². The molecule has 130 valence electrons. The number of rotatable bonds is 4.